The quantitative estimate of drug-likeness (QED) is 0.846. The van der Waals surface area contributed by atoms with E-state index in [-0.39, 0.29) is 29.5 Å². The Hall–Kier alpha value is -2.27. The summed E-state index contributed by atoms with van der Waals surface area (Å²) in [6, 6.07) is 11.6. The number of amides is 1. The fourth-order valence-electron chi connectivity index (χ4n) is 3.20. The van der Waals surface area contributed by atoms with E-state index in [0.29, 0.717) is 24.1 Å². The fraction of sp³-hybridized carbons (Fsp3) is 0.316. The summed E-state index contributed by atoms with van der Waals surface area (Å²) in [4.78, 5) is 14.0. The van der Waals surface area contributed by atoms with Crippen LogP contribution in [0.3, 0.4) is 0 Å². The van der Waals surface area contributed by atoms with Gasteiger partial charge in [0, 0.05) is 11.7 Å². The molecule has 0 aromatic heterocycles. The standard InChI is InChI=1S/C19H19F2NO2/c1-12-17(10-11-18(23)13-2-4-14(20)5-3-13)19(24)22(12)16-8-6-15(21)7-9-16/h2-9,12,17-18,23H,10-11H2,1H3/t12?,17-,18+/m1/s1. The van der Waals surface area contributed by atoms with Gasteiger partial charge in [0.2, 0.25) is 5.91 Å². The van der Waals surface area contributed by atoms with Gasteiger partial charge in [-0.1, -0.05) is 12.1 Å². The largest absolute Gasteiger partial charge is 0.388 e. The average Bonchev–Trinajstić information content (AvgIpc) is 2.57. The van der Waals surface area contributed by atoms with Gasteiger partial charge in [0.1, 0.15) is 11.6 Å². The highest BCUT2D eigenvalue weighted by atomic mass is 19.1. The summed E-state index contributed by atoms with van der Waals surface area (Å²) >= 11 is 0. The third-order valence-corrected chi connectivity index (χ3v) is 4.65. The Labute approximate surface area is 139 Å². The van der Waals surface area contributed by atoms with Gasteiger partial charge in [-0.2, -0.15) is 0 Å². The molecule has 0 spiro atoms. The third-order valence-electron chi connectivity index (χ3n) is 4.65. The van der Waals surface area contributed by atoms with Crippen LogP contribution in [0.15, 0.2) is 48.5 Å². The van der Waals surface area contributed by atoms with Crippen molar-refractivity contribution in [2.24, 2.45) is 5.92 Å². The van der Waals surface area contributed by atoms with Gasteiger partial charge in [-0.05, 0) is 61.7 Å². The van der Waals surface area contributed by atoms with E-state index in [2.05, 4.69) is 0 Å². The van der Waals surface area contributed by atoms with E-state index in [0.717, 1.165) is 0 Å². The number of rotatable bonds is 5. The van der Waals surface area contributed by atoms with Crippen molar-refractivity contribution in [2.75, 3.05) is 4.90 Å². The summed E-state index contributed by atoms with van der Waals surface area (Å²) in [5, 5.41) is 10.2. The van der Waals surface area contributed by atoms with Gasteiger partial charge in [-0.3, -0.25) is 4.79 Å². The maximum Gasteiger partial charge on any atom is 0.232 e. The molecule has 1 saturated heterocycles. The molecule has 3 atom stereocenters. The zero-order chi connectivity index (χ0) is 17.3. The lowest BCUT2D eigenvalue weighted by atomic mass is 9.83. The van der Waals surface area contributed by atoms with Crippen LogP contribution in [0.1, 0.15) is 31.4 Å². The number of hydrogen-bond acceptors (Lipinski definition) is 2. The summed E-state index contributed by atoms with van der Waals surface area (Å²) in [5.41, 5.74) is 1.33. The second kappa shape index (κ2) is 6.69. The van der Waals surface area contributed by atoms with Gasteiger partial charge >= 0.3 is 0 Å². The molecule has 0 radical (unpaired) electrons. The Balaban J connectivity index is 1.58. The molecule has 0 saturated carbocycles. The van der Waals surface area contributed by atoms with Gasteiger partial charge in [-0.15, -0.1) is 0 Å². The van der Waals surface area contributed by atoms with E-state index >= 15 is 0 Å². The predicted molar refractivity (Wildman–Crippen MR) is 87.4 cm³/mol. The van der Waals surface area contributed by atoms with Crippen molar-refractivity contribution < 1.29 is 18.7 Å². The van der Waals surface area contributed by atoms with Crippen molar-refractivity contribution in [1.29, 1.82) is 0 Å². The first kappa shape index (κ1) is 16.6. The van der Waals surface area contributed by atoms with Crippen molar-refractivity contribution in [3.8, 4) is 0 Å². The molecular weight excluding hydrogens is 312 g/mol. The average molecular weight is 331 g/mol. The summed E-state index contributed by atoms with van der Waals surface area (Å²) in [6.07, 6.45) is 0.269. The number of aliphatic hydroxyl groups is 1. The van der Waals surface area contributed by atoms with Crippen LogP contribution in [0.4, 0.5) is 14.5 Å². The molecule has 1 aliphatic heterocycles. The minimum Gasteiger partial charge on any atom is -0.388 e. The molecule has 1 N–H and O–H groups in total. The van der Waals surface area contributed by atoms with Gasteiger partial charge in [0.05, 0.1) is 12.0 Å². The molecule has 1 fully saturated rings. The summed E-state index contributed by atoms with van der Waals surface area (Å²) in [7, 11) is 0. The van der Waals surface area contributed by atoms with Crippen molar-refractivity contribution in [3.05, 3.63) is 65.7 Å². The number of carbonyl (C=O) groups excluding carboxylic acids is 1. The molecule has 1 amide bonds. The molecule has 2 aromatic rings. The molecule has 3 nitrogen and oxygen atoms in total. The summed E-state index contributed by atoms with van der Waals surface area (Å²) in [6.45, 7) is 1.94. The van der Waals surface area contributed by atoms with Crippen LogP contribution in [-0.2, 0) is 4.79 Å². The zero-order valence-electron chi connectivity index (χ0n) is 13.3. The fourth-order valence-corrected chi connectivity index (χ4v) is 3.20. The molecule has 0 aliphatic carbocycles. The van der Waals surface area contributed by atoms with Crippen molar-refractivity contribution >= 4 is 11.6 Å². The van der Waals surface area contributed by atoms with E-state index in [1.807, 2.05) is 6.92 Å². The first-order valence-corrected chi connectivity index (χ1v) is 7.99. The number of aliphatic hydroxyl groups excluding tert-OH is 1. The van der Waals surface area contributed by atoms with Crippen LogP contribution in [-0.4, -0.2) is 17.1 Å². The predicted octanol–water partition coefficient (Wildman–Crippen LogP) is 3.83. The molecule has 2 aromatic carbocycles. The van der Waals surface area contributed by atoms with E-state index < -0.39 is 6.10 Å². The normalized spacial score (nSPS) is 21.5. The van der Waals surface area contributed by atoms with Crippen LogP contribution in [0.2, 0.25) is 0 Å². The first-order chi connectivity index (χ1) is 11.5. The number of benzene rings is 2. The topological polar surface area (TPSA) is 40.5 Å². The van der Waals surface area contributed by atoms with Gasteiger partial charge in [0.25, 0.3) is 0 Å². The first-order valence-electron chi connectivity index (χ1n) is 7.99. The highest BCUT2D eigenvalue weighted by Gasteiger charge is 2.44. The highest BCUT2D eigenvalue weighted by Crippen LogP contribution is 2.36. The second-order valence-electron chi connectivity index (χ2n) is 6.18. The number of carbonyl (C=O) groups is 1. The molecule has 126 valence electrons. The Bertz CT molecular complexity index is 715. The molecule has 5 heteroatoms. The van der Waals surface area contributed by atoms with Crippen LogP contribution >= 0.6 is 0 Å². The van der Waals surface area contributed by atoms with E-state index in [1.165, 1.54) is 24.3 Å². The van der Waals surface area contributed by atoms with Crippen LogP contribution < -0.4 is 4.90 Å². The third kappa shape index (κ3) is 3.17. The van der Waals surface area contributed by atoms with E-state index in [1.54, 1.807) is 29.2 Å². The molecule has 1 heterocycles. The van der Waals surface area contributed by atoms with Crippen LogP contribution in [0, 0.1) is 17.6 Å². The zero-order valence-corrected chi connectivity index (χ0v) is 13.3. The van der Waals surface area contributed by atoms with E-state index in [4.69, 9.17) is 0 Å². The SMILES string of the molecule is CC1[C@@H](CC[C@H](O)c2ccc(F)cc2)C(=O)N1c1ccc(F)cc1. The lowest BCUT2D eigenvalue weighted by Gasteiger charge is -2.45. The van der Waals surface area contributed by atoms with E-state index in [9.17, 15) is 18.7 Å². The van der Waals surface area contributed by atoms with Gasteiger partial charge < -0.3 is 10.0 Å². The lowest BCUT2D eigenvalue weighted by molar-refractivity contribution is -0.130. The maximum atomic E-state index is 13.0. The smallest absolute Gasteiger partial charge is 0.232 e. The van der Waals surface area contributed by atoms with Crippen LogP contribution in [0.25, 0.3) is 0 Å². The minimum absolute atomic E-state index is 0.00313. The maximum absolute atomic E-state index is 13.0. The molecule has 0 bridgehead atoms. The number of halogens is 2. The van der Waals surface area contributed by atoms with Crippen molar-refractivity contribution in [3.63, 3.8) is 0 Å². The Morgan fingerprint density at radius 3 is 2.12 bits per heavy atom. The van der Waals surface area contributed by atoms with Gasteiger partial charge in [0.15, 0.2) is 0 Å². The highest BCUT2D eigenvalue weighted by molar-refractivity contribution is 6.02. The number of β-lactam (4-membered cyclic amide) rings is 1. The van der Waals surface area contributed by atoms with Crippen molar-refractivity contribution in [2.45, 2.75) is 31.9 Å². The minimum atomic E-state index is -0.717. The van der Waals surface area contributed by atoms with Crippen LogP contribution in [0.5, 0.6) is 0 Å². The molecule has 24 heavy (non-hydrogen) atoms. The Morgan fingerprint density at radius 1 is 1.04 bits per heavy atom. The van der Waals surface area contributed by atoms with Gasteiger partial charge in [-0.25, -0.2) is 8.78 Å². The number of nitrogens with zero attached hydrogens (tertiary/aromatic N) is 1. The lowest BCUT2D eigenvalue weighted by Crippen LogP contribution is -2.59. The molecule has 1 aliphatic rings. The molecule has 1 unspecified atom stereocenters. The number of hydrogen-bond donors (Lipinski definition) is 1. The Morgan fingerprint density at radius 2 is 1.58 bits per heavy atom. The molecular formula is C19H19F2NO2. The Kier molecular flexibility index (Phi) is 4.62. The summed E-state index contributed by atoms with van der Waals surface area (Å²) < 4.78 is 25.9. The van der Waals surface area contributed by atoms with Crippen molar-refractivity contribution in [1.82, 2.24) is 0 Å². The second-order valence-corrected chi connectivity index (χ2v) is 6.18. The molecule has 3 rings (SSSR count). The monoisotopic (exact) mass is 331 g/mol. The summed E-state index contributed by atoms with van der Waals surface area (Å²) in [5.74, 6) is -0.854. The number of anilines is 1.